The predicted molar refractivity (Wildman–Crippen MR) is 128 cm³/mol. The second kappa shape index (κ2) is 9.97. The topological polar surface area (TPSA) is 135 Å². The van der Waals surface area contributed by atoms with E-state index < -0.39 is 53.7 Å². The number of nitrogens with zero attached hydrogens (tertiary/aromatic N) is 1. The van der Waals surface area contributed by atoms with E-state index in [0.717, 1.165) is 4.31 Å². The quantitative estimate of drug-likeness (QED) is 0.541. The van der Waals surface area contributed by atoms with E-state index in [9.17, 15) is 31.5 Å². The predicted octanol–water partition coefficient (Wildman–Crippen LogP) is 2.51. The first-order valence-corrected chi connectivity index (χ1v) is 13.8. The molecule has 9 nitrogen and oxygen atoms in total. The Bertz CT molecular complexity index is 1360. The van der Waals surface area contributed by atoms with E-state index in [2.05, 4.69) is 11.8 Å². The Morgan fingerprint density at radius 3 is 2.40 bits per heavy atom. The molecule has 2 unspecified atom stereocenters. The molecule has 1 aromatic carbocycles. The summed E-state index contributed by atoms with van der Waals surface area (Å²) >= 11 is 0. The number of piperidine rings is 1. The van der Waals surface area contributed by atoms with Gasteiger partial charge >= 0.3 is 5.97 Å². The minimum Gasteiger partial charge on any atom is -0.497 e. The molecule has 0 amide bonds. The van der Waals surface area contributed by atoms with E-state index in [1.54, 1.807) is 6.92 Å². The number of rotatable bonds is 7. The molecule has 35 heavy (non-hydrogen) atoms. The van der Waals surface area contributed by atoms with Crippen LogP contribution in [-0.4, -0.2) is 56.5 Å². The fourth-order valence-corrected chi connectivity index (χ4v) is 8.44. The third-order valence-corrected chi connectivity index (χ3v) is 11.0. The second-order valence-corrected chi connectivity index (χ2v) is 12.7. The number of methoxy groups -OCH3 is 1. The van der Waals surface area contributed by atoms with Crippen LogP contribution >= 0.6 is 0 Å². The van der Waals surface area contributed by atoms with Crippen molar-refractivity contribution < 1.29 is 36.3 Å². The van der Waals surface area contributed by atoms with E-state index >= 15 is 0 Å². The molecular formula is C24H27NO8S2. The molecule has 11 heteroatoms. The minimum atomic E-state index is -4.61. The van der Waals surface area contributed by atoms with Gasteiger partial charge in [-0.15, -0.1) is 5.92 Å². The highest BCUT2D eigenvalue weighted by Gasteiger charge is 2.56. The Morgan fingerprint density at radius 2 is 1.86 bits per heavy atom. The number of aliphatic carboxylic acids is 1. The van der Waals surface area contributed by atoms with Crippen molar-refractivity contribution in [2.75, 3.05) is 13.7 Å². The molecule has 1 saturated heterocycles. The molecule has 1 aliphatic carbocycles. The van der Waals surface area contributed by atoms with Crippen LogP contribution in [0.3, 0.4) is 0 Å². The van der Waals surface area contributed by atoms with E-state index in [-0.39, 0.29) is 24.3 Å². The SMILES string of the molecule is CC#CCC1=CC=C(S(=O)(=O)C2(C)CC(C(=O)O)CCN2S(=O)(=O)c2ccc(OC)cc2)C(=O)C1. The first kappa shape index (κ1) is 26.7. The van der Waals surface area contributed by atoms with E-state index in [1.807, 2.05) is 0 Å². The first-order valence-electron chi connectivity index (χ1n) is 10.9. The molecule has 1 fully saturated rings. The molecule has 3 rings (SSSR count). The van der Waals surface area contributed by atoms with Crippen LogP contribution in [0.25, 0.3) is 0 Å². The number of carboxylic acid groups (broad SMARTS) is 1. The first-order chi connectivity index (χ1) is 16.4. The smallest absolute Gasteiger partial charge is 0.306 e. The zero-order chi connectivity index (χ0) is 26.0. The molecular weight excluding hydrogens is 494 g/mol. The Labute approximate surface area is 205 Å². The molecule has 1 heterocycles. The highest BCUT2D eigenvalue weighted by molar-refractivity contribution is 7.98. The van der Waals surface area contributed by atoms with Crippen LogP contribution in [-0.2, 0) is 29.4 Å². The van der Waals surface area contributed by atoms with Gasteiger partial charge in [-0.25, -0.2) is 16.8 Å². The van der Waals surface area contributed by atoms with Gasteiger partial charge in [0.15, 0.2) is 5.78 Å². The van der Waals surface area contributed by atoms with Crippen LogP contribution in [0.4, 0.5) is 0 Å². The zero-order valence-electron chi connectivity index (χ0n) is 19.6. The number of hydrogen-bond acceptors (Lipinski definition) is 7. The van der Waals surface area contributed by atoms with Gasteiger partial charge < -0.3 is 9.84 Å². The van der Waals surface area contributed by atoms with Crippen LogP contribution in [0.5, 0.6) is 5.75 Å². The number of allylic oxidation sites excluding steroid dienone is 4. The van der Waals surface area contributed by atoms with Crippen LogP contribution in [0, 0.1) is 17.8 Å². The number of ketones is 1. The summed E-state index contributed by atoms with van der Waals surface area (Å²) in [4.78, 5) is 21.8. The van der Waals surface area contributed by atoms with E-state index in [4.69, 9.17) is 4.74 Å². The number of benzene rings is 1. The zero-order valence-corrected chi connectivity index (χ0v) is 21.3. The molecule has 2 atom stereocenters. The van der Waals surface area contributed by atoms with Crippen molar-refractivity contribution in [3.05, 3.63) is 46.9 Å². The number of sulfone groups is 1. The Morgan fingerprint density at radius 1 is 1.20 bits per heavy atom. The van der Waals surface area contributed by atoms with Crippen LogP contribution in [0.15, 0.2) is 51.8 Å². The molecule has 1 aromatic rings. The number of carboxylic acids is 1. The highest BCUT2D eigenvalue weighted by Crippen LogP contribution is 2.43. The third-order valence-electron chi connectivity index (χ3n) is 6.32. The number of ether oxygens (including phenoxy) is 1. The van der Waals surface area contributed by atoms with Gasteiger partial charge in [-0.1, -0.05) is 17.6 Å². The van der Waals surface area contributed by atoms with Gasteiger partial charge in [-0.05, 0) is 57.0 Å². The summed E-state index contributed by atoms with van der Waals surface area (Å²) in [5.74, 6) is 2.95. The minimum absolute atomic E-state index is 0.0669. The van der Waals surface area contributed by atoms with Gasteiger partial charge in [0.1, 0.15) is 15.5 Å². The summed E-state index contributed by atoms with van der Waals surface area (Å²) in [6.45, 7) is 2.49. The Balaban J connectivity index is 2.13. The maximum absolute atomic E-state index is 13.9. The van der Waals surface area contributed by atoms with Crippen molar-refractivity contribution in [2.45, 2.75) is 49.3 Å². The van der Waals surface area contributed by atoms with E-state index in [0.29, 0.717) is 17.7 Å². The summed E-state index contributed by atoms with van der Waals surface area (Å²) < 4.78 is 60.8. The highest BCUT2D eigenvalue weighted by atomic mass is 32.2. The van der Waals surface area contributed by atoms with Crippen molar-refractivity contribution in [1.82, 2.24) is 4.31 Å². The summed E-state index contributed by atoms with van der Waals surface area (Å²) in [5, 5.41) is 9.60. The average molecular weight is 522 g/mol. The standard InChI is InChI=1S/C24H27NO8S2/c1-4-5-6-17-7-12-22(21(26)15-17)34(29,30)24(2)16-18(23(27)28)13-14-25(24)35(31,32)20-10-8-19(33-3)9-11-20/h7-12,18H,6,13-16H2,1-3H3,(H,27,28). The molecule has 0 radical (unpaired) electrons. The summed E-state index contributed by atoms with van der Waals surface area (Å²) in [5.41, 5.74) is 0.642. The second-order valence-electron chi connectivity index (χ2n) is 8.52. The lowest BCUT2D eigenvalue weighted by atomic mass is 9.93. The molecule has 1 N–H and O–H groups in total. The van der Waals surface area contributed by atoms with Crippen molar-refractivity contribution in [2.24, 2.45) is 5.92 Å². The van der Waals surface area contributed by atoms with Gasteiger partial charge in [0.25, 0.3) is 0 Å². The van der Waals surface area contributed by atoms with Crippen molar-refractivity contribution >= 4 is 31.6 Å². The fraction of sp³-hybridized carbons (Fsp3) is 0.417. The molecule has 2 aliphatic rings. The molecule has 0 bridgehead atoms. The van der Waals surface area contributed by atoms with Gasteiger partial charge in [0, 0.05) is 19.4 Å². The average Bonchev–Trinajstić information content (AvgIpc) is 2.82. The summed E-state index contributed by atoms with van der Waals surface area (Å²) in [7, 11) is -7.56. The Hall–Kier alpha value is -2.94. The number of sulfonamides is 1. The number of carbonyl (C=O) groups is 2. The lowest BCUT2D eigenvalue weighted by Crippen LogP contribution is -2.60. The van der Waals surface area contributed by atoms with Gasteiger partial charge in [-0.3, -0.25) is 9.59 Å². The van der Waals surface area contributed by atoms with Crippen LogP contribution in [0.1, 0.15) is 39.5 Å². The summed E-state index contributed by atoms with van der Waals surface area (Å²) in [6, 6.07) is 5.45. The van der Waals surface area contributed by atoms with Gasteiger partial charge in [-0.2, -0.15) is 4.31 Å². The largest absolute Gasteiger partial charge is 0.497 e. The molecule has 0 spiro atoms. The number of carbonyl (C=O) groups excluding carboxylic acids is 1. The normalized spacial score (nSPS) is 23.5. The molecule has 0 saturated carbocycles. The molecule has 0 aromatic heterocycles. The maximum Gasteiger partial charge on any atom is 0.306 e. The maximum atomic E-state index is 13.9. The number of Topliss-reactive ketones (excluding diaryl/α,β-unsaturated/α-hetero) is 1. The van der Waals surface area contributed by atoms with Crippen molar-refractivity contribution in [3.8, 4) is 17.6 Å². The monoisotopic (exact) mass is 521 g/mol. The fourth-order valence-electron chi connectivity index (χ4n) is 4.31. The lowest BCUT2D eigenvalue weighted by molar-refractivity contribution is -0.143. The van der Waals surface area contributed by atoms with Crippen LogP contribution < -0.4 is 4.74 Å². The van der Waals surface area contributed by atoms with Gasteiger partial charge in [0.2, 0.25) is 19.9 Å². The third kappa shape index (κ3) is 4.91. The van der Waals surface area contributed by atoms with Crippen molar-refractivity contribution in [3.63, 3.8) is 0 Å². The molecule has 188 valence electrons. The van der Waals surface area contributed by atoms with Gasteiger partial charge in [0.05, 0.1) is 17.9 Å². The van der Waals surface area contributed by atoms with Crippen LogP contribution in [0.2, 0.25) is 0 Å². The number of hydrogen-bond donors (Lipinski definition) is 1. The van der Waals surface area contributed by atoms with Crippen molar-refractivity contribution in [1.29, 1.82) is 0 Å². The lowest BCUT2D eigenvalue weighted by Gasteiger charge is -2.45. The van der Waals surface area contributed by atoms with E-state index in [1.165, 1.54) is 50.5 Å². The summed E-state index contributed by atoms with van der Waals surface area (Å²) in [6.07, 6.45) is 2.25. The Kier molecular flexibility index (Phi) is 7.59. The molecule has 1 aliphatic heterocycles.